The van der Waals surface area contributed by atoms with Crippen molar-refractivity contribution in [1.29, 1.82) is 0 Å². The number of nitrogens with zero attached hydrogens (tertiary/aromatic N) is 2. The number of piperazine rings is 1. The van der Waals surface area contributed by atoms with Crippen LogP contribution in [0.25, 0.3) is 11.0 Å². The van der Waals surface area contributed by atoms with Gasteiger partial charge in [-0.2, -0.15) is 0 Å². The van der Waals surface area contributed by atoms with Crippen LogP contribution in [0, 0.1) is 6.92 Å². The molecule has 1 aromatic heterocycles. The number of carbonyl (C=O) groups excluding carboxylic acids is 1. The van der Waals surface area contributed by atoms with Crippen LogP contribution in [0.1, 0.15) is 31.2 Å². The van der Waals surface area contributed by atoms with E-state index in [9.17, 15) is 4.79 Å². The van der Waals surface area contributed by atoms with Gasteiger partial charge >= 0.3 is 6.03 Å². The van der Waals surface area contributed by atoms with Gasteiger partial charge in [-0.15, -0.1) is 0 Å². The van der Waals surface area contributed by atoms with Gasteiger partial charge < -0.3 is 24.9 Å². The van der Waals surface area contributed by atoms with Crippen LogP contribution in [0.3, 0.4) is 0 Å². The zero-order valence-electron chi connectivity index (χ0n) is 17.9. The van der Waals surface area contributed by atoms with Gasteiger partial charge in [-0.1, -0.05) is 25.1 Å². The molecule has 0 aliphatic carbocycles. The second-order valence-electron chi connectivity index (χ2n) is 7.93. The maximum absolute atomic E-state index is 12.5. The fraction of sp³-hybridized carbons (Fsp3) is 0.375. The minimum Gasteiger partial charge on any atom is -0.459 e. The summed E-state index contributed by atoms with van der Waals surface area (Å²) in [4.78, 5) is 17.4. The summed E-state index contributed by atoms with van der Waals surface area (Å²) in [6.07, 6.45) is 0. The standard InChI is InChI=1S/C24H30N4O2/c1-4-27-11-13-28(14-12-27)21-10-9-20(15-17(21)2)26-24(29)25-18(3)23-16-19-7-5-6-8-22(19)30-23/h5-10,15-16,18H,4,11-14H2,1-3H3,(H2,25,26,29)/t18-/m1/s1. The zero-order valence-corrected chi connectivity index (χ0v) is 17.9. The summed E-state index contributed by atoms with van der Waals surface area (Å²) >= 11 is 0. The lowest BCUT2D eigenvalue weighted by Crippen LogP contribution is -2.46. The van der Waals surface area contributed by atoms with Gasteiger partial charge in [0, 0.05) is 42.9 Å². The van der Waals surface area contributed by atoms with Gasteiger partial charge in [0.25, 0.3) is 0 Å². The van der Waals surface area contributed by atoms with Gasteiger partial charge in [0.2, 0.25) is 0 Å². The molecule has 1 atom stereocenters. The maximum atomic E-state index is 12.5. The summed E-state index contributed by atoms with van der Waals surface area (Å²) in [7, 11) is 0. The largest absolute Gasteiger partial charge is 0.459 e. The number of para-hydroxylation sites is 1. The molecule has 0 saturated carbocycles. The van der Waals surface area contributed by atoms with E-state index in [1.165, 1.54) is 11.3 Å². The van der Waals surface area contributed by atoms with Gasteiger partial charge in [0.05, 0.1) is 6.04 Å². The van der Waals surface area contributed by atoms with E-state index in [1.54, 1.807) is 0 Å². The molecule has 6 heteroatoms. The van der Waals surface area contributed by atoms with Crippen LogP contribution in [0.5, 0.6) is 0 Å². The fourth-order valence-electron chi connectivity index (χ4n) is 4.04. The highest BCUT2D eigenvalue weighted by molar-refractivity contribution is 5.90. The highest BCUT2D eigenvalue weighted by Gasteiger charge is 2.18. The highest BCUT2D eigenvalue weighted by Crippen LogP contribution is 2.26. The summed E-state index contributed by atoms with van der Waals surface area (Å²) in [6.45, 7) is 11.6. The average Bonchev–Trinajstić information content (AvgIpc) is 3.18. The molecule has 2 heterocycles. The first-order valence-corrected chi connectivity index (χ1v) is 10.7. The van der Waals surface area contributed by atoms with Crippen LogP contribution in [0.4, 0.5) is 16.2 Å². The van der Waals surface area contributed by atoms with E-state index in [0.29, 0.717) is 0 Å². The Labute approximate surface area is 177 Å². The van der Waals surface area contributed by atoms with Crippen molar-refractivity contribution < 1.29 is 9.21 Å². The van der Waals surface area contributed by atoms with Gasteiger partial charge in [0.1, 0.15) is 11.3 Å². The molecule has 2 amide bonds. The number of hydrogen-bond acceptors (Lipinski definition) is 4. The predicted molar refractivity (Wildman–Crippen MR) is 122 cm³/mol. The third kappa shape index (κ3) is 4.44. The number of likely N-dealkylation sites (N-methyl/N-ethyl adjacent to an activating group) is 1. The van der Waals surface area contributed by atoms with E-state index in [4.69, 9.17) is 4.42 Å². The number of benzene rings is 2. The molecule has 2 N–H and O–H groups in total. The van der Waals surface area contributed by atoms with Crippen LogP contribution in [0.2, 0.25) is 0 Å². The minimum atomic E-state index is -0.244. The van der Waals surface area contributed by atoms with Crippen molar-refractivity contribution >= 4 is 28.4 Å². The smallest absolute Gasteiger partial charge is 0.319 e. The number of carbonyl (C=O) groups is 1. The van der Waals surface area contributed by atoms with E-state index in [-0.39, 0.29) is 12.1 Å². The van der Waals surface area contributed by atoms with Crippen LogP contribution < -0.4 is 15.5 Å². The minimum absolute atomic E-state index is 0.229. The molecule has 0 unspecified atom stereocenters. The molecule has 0 bridgehead atoms. The van der Waals surface area contributed by atoms with Crippen LogP contribution in [0.15, 0.2) is 52.9 Å². The number of nitrogens with one attached hydrogen (secondary N) is 2. The van der Waals surface area contributed by atoms with Gasteiger partial charge in [-0.3, -0.25) is 0 Å². The zero-order chi connectivity index (χ0) is 21.1. The Hall–Kier alpha value is -2.99. The maximum Gasteiger partial charge on any atom is 0.319 e. The molecular weight excluding hydrogens is 376 g/mol. The van der Waals surface area contributed by atoms with Crippen molar-refractivity contribution in [2.45, 2.75) is 26.8 Å². The second kappa shape index (κ2) is 8.79. The molecule has 2 aromatic carbocycles. The summed E-state index contributed by atoms with van der Waals surface area (Å²) in [5, 5.41) is 6.93. The molecule has 4 rings (SSSR count). The van der Waals surface area contributed by atoms with E-state index < -0.39 is 0 Å². The highest BCUT2D eigenvalue weighted by atomic mass is 16.3. The molecule has 1 aliphatic rings. The number of furan rings is 1. The SMILES string of the molecule is CCN1CCN(c2ccc(NC(=O)N[C@H](C)c3cc4ccccc4o3)cc2C)CC1. The third-order valence-corrected chi connectivity index (χ3v) is 5.83. The van der Waals surface area contributed by atoms with Crippen molar-refractivity contribution in [2.24, 2.45) is 0 Å². The summed E-state index contributed by atoms with van der Waals surface area (Å²) in [5.41, 5.74) is 4.03. The molecule has 1 aliphatic heterocycles. The average molecular weight is 407 g/mol. The Bertz CT molecular complexity index is 988. The fourth-order valence-corrected chi connectivity index (χ4v) is 4.04. The number of urea groups is 1. The first-order valence-electron chi connectivity index (χ1n) is 10.7. The number of amides is 2. The Morgan fingerprint density at radius 2 is 1.87 bits per heavy atom. The van der Waals surface area contributed by atoms with Gasteiger partial charge in [-0.05, 0) is 56.3 Å². The molecule has 1 fully saturated rings. The molecule has 6 nitrogen and oxygen atoms in total. The van der Waals surface area contributed by atoms with Crippen molar-refractivity contribution in [3.05, 3.63) is 59.9 Å². The van der Waals surface area contributed by atoms with Crippen LogP contribution in [-0.2, 0) is 0 Å². The molecular formula is C24H30N4O2. The predicted octanol–water partition coefficient (Wildman–Crippen LogP) is 4.77. The van der Waals surface area contributed by atoms with Crippen LogP contribution >= 0.6 is 0 Å². The molecule has 158 valence electrons. The Balaban J connectivity index is 1.36. The lowest BCUT2D eigenvalue weighted by molar-refractivity contribution is 0.248. The molecule has 0 spiro atoms. The van der Waals surface area contributed by atoms with E-state index in [1.807, 2.05) is 49.4 Å². The molecule has 0 radical (unpaired) electrons. The van der Waals surface area contributed by atoms with E-state index in [0.717, 1.165) is 55.1 Å². The lowest BCUT2D eigenvalue weighted by atomic mass is 10.1. The Kier molecular flexibility index (Phi) is 5.95. The number of rotatable bonds is 5. The molecule has 1 saturated heterocycles. The number of hydrogen-bond donors (Lipinski definition) is 2. The van der Waals surface area contributed by atoms with Crippen LogP contribution in [-0.4, -0.2) is 43.7 Å². The van der Waals surface area contributed by atoms with E-state index >= 15 is 0 Å². The summed E-state index contributed by atoms with van der Waals surface area (Å²) in [5.74, 6) is 0.740. The van der Waals surface area contributed by atoms with Crippen molar-refractivity contribution in [1.82, 2.24) is 10.2 Å². The third-order valence-electron chi connectivity index (χ3n) is 5.83. The van der Waals surface area contributed by atoms with Crippen molar-refractivity contribution in [2.75, 3.05) is 42.9 Å². The van der Waals surface area contributed by atoms with Gasteiger partial charge in [-0.25, -0.2) is 4.79 Å². The second-order valence-corrected chi connectivity index (χ2v) is 7.93. The van der Waals surface area contributed by atoms with Gasteiger partial charge in [0.15, 0.2) is 0 Å². The Morgan fingerprint density at radius 3 is 2.57 bits per heavy atom. The number of anilines is 2. The summed E-state index contributed by atoms with van der Waals surface area (Å²) in [6, 6.07) is 15.5. The van der Waals surface area contributed by atoms with Crippen molar-refractivity contribution in [3.8, 4) is 0 Å². The monoisotopic (exact) mass is 406 g/mol. The normalized spacial score (nSPS) is 15.9. The molecule has 30 heavy (non-hydrogen) atoms. The molecule has 3 aromatic rings. The number of fused-ring (bicyclic) bond motifs is 1. The lowest BCUT2D eigenvalue weighted by Gasteiger charge is -2.36. The number of aryl methyl sites for hydroxylation is 1. The first-order chi connectivity index (χ1) is 14.5. The summed E-state index contributed by atoms with van der Waals surface area (Å²) < 4.78 is 5.85. The first kappa shape index (κ1) is 20.3. The van der Waals surface area contributed by atoms with Crippen molar-refractivity contribution in [3.63, 3.8) is 0 Å². The quantitative estimate of drug-likeness (QED) is 0.641. The topological polar surface area (TPSA) is 60.8 Å². The Morgan fingerprint density at radius 1 is 1.10 bits per heavy atom. The van der Waals surface area contributed by atoms with E-state index in [2.05, 4.69) is 40.3 Å².